The number of hydrogen-bond acceptors (Lipinski definition) is 2. The van der Waals surface area contributed by atoms with Crippen molar-refractivity contribution in [2.24, 2.45) is 10.3 Å². The van der Waals surface area contributed by atoms with E-state index >= 15 is 0 Å². The van der Waals surface area contributed by atoms with Crippen LogP contribution in [0.5, 0.6) is 0 Å². The van der Waals surface area contributed by atoms with Crippen molar-refractivity contribution < 1.29 is 4.87 Å². The molecule has 0 saturated carbocycles. The minimum absolute atomic E-state index is 0.509. The van der Waals surface area contributed by atoms with Gasteiger partial charge in [-0.15, -0.1) is 0 Å². The van der Waals surface area contributed by atoms with Crippen LogP contribution in [0.3, 0.4) is 0 Å². The molecular weight excluding hydrogens is 130 g/mol. The maximum atomic E-state index is 10.7. The Balaban J connectivity index is 2.70. The van der Waals surface area contributed by atoms with Crippen LogP contribution in [-0.2, 0) is 0 Å². The van der Waals surface area contributed by atoms with Crippen LogP contribution >= 0.6 is 0 Å². The Hall–Kier alpha value is -1.58. The van der Waals surface area contributed by atoms with Gasteiger partial charge >= 0.3 is 0 Å². The summed E-state index contributed by atoms with van der Waals surface area (Å²) in [7, 11) is 0. The summed E-state index contributed by atoms with van der Waals surface area (Å²) in [4.78, 5) is 11.2. The Morgan fingerprint density at radius 1 is 1.30 bits per heavy atom. The van der Waals surface area contributed by atoms with Gasteiger partial charge in [0.15, 0.2) is 5.22 Å². The first-order chi connectivity index (χ1) is 4.88. The second-order valence-corrected chi connectivity index (χ2v) is 1.95. The van der Waals surface area contributed by atoms with Gasteiger partial charge in [-0.25, -0.2) is 0 Å². The van der Waals surface area contributed by atoms with E-state index in [-0.39, 0.29) is 0 Å². The van der Waals surface area contributed by atoms with Gasteiger partial charge in [0.1, 0.15) is 4.87 Å². The van der Waals surface area contributed by atoms with Crippen LogP contribution in [0.4, 0.5) is 11.4 Å². The van der Waals surface area contributed by atoms with Gasteiger partial charge in [0, 0.05) is 0 Å². The van der Waals surface area contributed by atoms with Crippen LogP contribution in [0.25, 0.3) is 0 Å². The molecule has 0 atom stereocenters. The smallest absolute Gasteiger partial charge is 0.0575 e. The molecule has 0 bridgehead atoms. The highest BCUT2D eigenvalue weighted by molar-refractivity contribution is 5.56. The number of para-hydroxylation sites is 1. The summed E-state index contributed by atoms with van der Waals surface area (Å²) in [6.45, 7) is 0. The summed E-state index contributed by atoms with van der Waals surface area (Å²) in [6, 6.07) is 7.02. The first-order valence-electron chi connectivity index (χ1n) is 2.86. The zero-order valence-corrected chi connectivity index (χ0v) is 5.06. The molecule has 4 heteroatoms. The van der Waals surface area contributed by atoms with E-state index in [1.54, 1.807) is 18.2 Å². The largest absolute Gasteiger partial charge is 0.257 e. The van der Waals surface area contributed by atoms with Crippen LogP contribution < -0.4 is 0 Å². The van der Waals surface area contributed by atoms with Crippen molar-refractivity contribution in [2.45, 2.75) is 0 Å². The molecule has 0 fully saturated rings. The normalized spacial score (nSPS) is 13.8. The third-order valence-electron chi connectivity index (χ3n) is 1.32. The number of fused-ring (bicyclic) bond motifs is 1. The molecule has 0 N–H and O–H groups in total. The van der Waals surface area contributed by atoms with E-state index in [1.165, 1.54) is 0 Å². The molecule has 0 amide bonds. The number of rotatable bonds is 0. The van der Waals surface area contributed by atoms with E-state index < -0.39 is 0 Å². The molecule has 0 aromatic heterocycles. The number of hydrogen-bond donors (Lipinski definition) is 0. The Kier molecular flexibility index (Phi) is 0.887. The van der Waals surface area contributed by atoms with Gasteiger partial charge in [0.05, 0.1) is 5.11 Å². The number of nitrogens with zero attached hydrogens (tertiary/aromatic N) is 3. The van der Waals surface area contributed by atoms with Crippen LogP contribution in [0, 0.1) is 4.91 Å². The van der Waals surface area contributed by atoms with E-state index in [9.17, 15) is 4.91 Å². The summed E-state index contributed by atoms with van der Waals surface area (Å²) < 4.78 is 0. The second-order valence-electron chi connectivity index (χ2n) is 1.95. The molecule has 0 unspecified atom stereocenters. The monoisotopic (exact) mass is 134 g/mol. The van der Waals surface area contributed by atoms with Gasteiger partial charge in [0.2, 0.25) is 0 Å². The molecule has 1 aliphatic rings. The minimum atomic E-state index is 0.509. The zero-order valence-electron chi connectivity index (χ0n) is 5.06. The molecule has 48 valence electrons. The van der Waals surface area contributed by atoms with Gasteiger partial charge in [-0.3, -0.25) is 0 Å². The van der Waals surface area contributed by atoms with Crippen LogP contribution in [0.15, 0.2) is 34.6 Å². The van der Waals surface area contributed by atoms with E-state index in [2.05, 4.69) is 10.3 Å². The van der Waals surface area contributed by atoms with Gasteiger partial charge in [-0.1, -0.05) is 12.1 Å². The molecule has 10 heavy (non-hydrogen) atoms. The lowest BCUT2D eigenvalue weighted by Crippen LogP contribution is -1.81. The predicted molar refractivity (Wildman–Crippen MR) is 34.2 cm³/mol. The third-order valence-corrected chi connectivity index (χ3v) is 1.32. The molecule has 0 saturated heterocycles. The molecular formula is C6H4N3O+. The Morgan fingerprint density at radius 2 is 2.10 bits per heavy atom. The standard InChI is InChI=1S/C6H4N3O/c10-9-6-4-2-1-3-5(6)7-8-9/h1-4H/q+1. The van der Waals surface area contributed by atoms with Crippen molar-refractivity contribution in [1.29, 1.82) is 0 Å². The lowest BCUT2D eigenvalue weighted by molar-refractivity contribution is -0.469. The van der Waals surface area contributed by atoms with Crippen LogP contribution in [-0.4, -0.2) is 4.87 Å². The molecule has 0 radical (unpaired) electrons. The topological polar surface area (TPSA) is 44.8 Å². The zero-order chi connectivity index (χ0) is 6.97. The Labute approximate surface area is 56.7 Å². The molecule has 4 nitrogen and oxygen atoms in total. The van der Waals surface area contributed by atoms with Crippen molar-refractivity contribution >= 4 is 11.4 Å². The summed E-state index contributed by atoms with van der Waals surface area (Å²) in [5, 5.41) is 6.93. The van der Waals surface area contributed by atoms with Crippen LogP contribution in [0.2, 0.25) is 0 Å². The first kappa shape index (κ1) is 5.22. The van der Waals surface area contributed by atoms with Gasteiger partial charge in [-0.2, -0.15) is 0 Å². The highest BCUT2D eigenvalue weighted by atomic mass is 16.3. The highest BCUT2D eigenvalue weighted by Gasteiger charge is 2.24. The third kappa shape index (κ3) is 0.556. The maximum Gasteiger partial charge on any atom is 0.257 e. The molecule has 0 aliphatic carbocycles. The van der Waals surface area contributed by atoms with Crippen LogP contribution in [0.1, 0.15) is 0 Å². The van der Waals surface area contributed by atoms with Crippen molar-refractivity contribution in [2.75, 3.05) is 0 Å². The quantitative estimate of drug-likeness (QED) is 0.501. The average molecular weight is 134 g/mol. The summed E-state index contributed by atoms with van der Waals surface area (Å²) in [6.07, 6.45) is 0. The Morgan fingerprint density at radius 3 is 2.90 bits per heavy atom. The van der Waals surface area contributed by atoms with Crippen molar-refractivity contribution in [1.82, 2.24) is 0 Å². The fourth-order valence-electron chi connectivity index (χ4n) is 0.847. The number of nitroso groups, excluding NO2 is 1. The molecule has 1 aromatic carbocycles. The highest BCUT2D eigenvalue weighted by Crippen LogP contribution is 2.31. The summed E-state index contributed by atoms with van der Waals surface area (Å²) >= 11 is 0. The maximum absolute atomic E-state index is 10.7. The lowest BCUT2D eigenvalue weighted by Gasteiger charge is -1.80. The molecule has 0 spiro atoms. The fraction of sp³-hybridized carbons (Fsp3) is 0. The van der Waals surface area contributed by atoms with E-state index in [0.717, 1.165) is 0 Å². The number of benzene rings is 1. The predicted octanol–water partition coefficient (Wildman–Crippen LogP) is 2.11. The average Bonchev–Trinajstić information content (AvgIpc) is 2.34. The van der Waals surface area contributed by atoms with Gasteiger partial charge < -0.3 is 0 Å². The van der Waals surface area contributed by atoms with E-state index in [0.29, 0.717) is 16.2 Å². The molecule has 1 heterocycles. The van der Waals surface area contributed by atoms with Gasteiger partial charge in [0.25, 0.3) is 11.4 Å². The van der Waals surface area contributed by atoms with Crippen molar-refractivity contribution in [3.05, 3.63) is 29.2 Å². The van der Waals surface area contributed by atoms with Crippen molar-refractivity contribution in [3.63, 3.8) is 0 Å². The minimum Gasteiger partial charge on any atom is -0.0575 e. The Bertz CT molecular complexity index is 319. The van der Waals surface area contributed by atoms with Crippen molar-refractivity contribution in [3.8, 4) is 0 Å². The second kappa shape index (κ2) is 1.70. The fourth-order valence-corrected chi connectivity index (χ4v) is 0.847. The van der Waals surface area contributed by atoms with E-state index in [1.807, 2.05) is 6.07 Å². The molecule has 1 aliphatic heterocycles. The molecule has 1 aromatic rings. The SMILES string of the molecule is O=[N+]1N=Nc2ccccc21. The van der Waals surface area contributed by atoms with E-state index in [4.69, 9.17) is 0 Å². The summed E-state index contributed by atoms with van der Waals surface area (Å²) in [5.41, 5.74) is 1.15. The molecule has 2 rings (SSSR count). The lowest BCUT2D eigenvalue weighted by atomic mass is 10.3. The first-order valence-corrected chi connectivity index (χ1v) is 2.86. The van der Waals surface area contributed by atoms with Gasteiger partial charge in [-0.05, 0) is 17.0 Å². The summed E-state index contributed by atoms with van der Waals surface area (Å²) in [5.74, 6) is 0.